The van der Waals surface area contributed by atoms with E-state index in [2.05, 4.69) is 30.7 Å². The molecule has 0 aromatic heterocycles. The van der Waals surface area contributed by atoms with Gasteiger partial charge in [-0.3, -0.25) is 4.90 Å². The third-order valence-electron chi connectivity index (χ3n) is 3.41. The Kier molecular flexibility index (Phi) is 6.32. The smallest absolute Gasteiger partial charge is 0.0825 e. The Bertz CT molecular complexity index is 173. The largest absolute Gasteiger partial charge is 0.379 e. The van der Waals surface area contributed by atoms with Gasteiger partial charge in [0, 0.05) is 26.2 Å². The zero-order valence-electron chi connectivity index (χ0n) is 11.4. The standard InChI is InChI=1S/C10H20N2O.C3H8/c1-11-5-3-9(4-6-11)12-7-10(8-12)13-2;1-3-2/h9-10H,3-8H2,1-2H3;3H2,1-2H3. The van der Waals surface area contributed by atoms with E-state index in [0.29, 0.717) is 6.10 Å². The summed E-state index contributed by atoms with van der Waals surface area (Å²) in [6.45, 7) is 9.09. The van der Waals surface area contributed by atoms with Crippen molar-refractivity contribution in [3.8, 4) is 0 Å². The second-order valence-electron chi connectivity index (χ2n) is 5.05. The first-order valence-corrected chi connectivity index (χ1v) is 6.66. The summed E-state index contributed by atoms with van der Waals surface area (Å²) >= 11 is 0. The minimum absolute atomic E-state index is 0.514. The van der Waals surface area contributed by atoms with Crippen LogP contribution in [-0.4, -0.2) is 62.3 Å². The summed E-state index contributed by atoms with van der Waals surface area (Å²) in [5.41, 5.74) is 0. The zero-order valence-corrected chi connectivity index (χ0v) is 11.4. The van der Waals surface area contributed by atoms with Gasteiger partial charge in [0.05, 0.1) is 6.10 Å². The first-order chi connectivity index (χ1) is 7.71. The number of hydrogen-bond acceptors (Lipinski definition) is 3. The molecule has 0 atom stereocenters. The van der Waals surface area contributed by atoms with Gasteiger partial charge >= 0.3 is 0 Å². The molecule has 2 fully saturated rings. The molecule has 2 heterocycles. The lowest BCUT2D eigenvalue weighted by Crippen LogP contribution is -2.58. The molecule has 0 aromatic rings. The van der Waals surface area contributed by atoms with Gasteiger partial charge in [0.1, 0.15) is 0 Å². The van der Waals surface area contributed by atoms with Crippen LogP contribution in [0.3, 0.4) is 0 Å². The minimum Gasteiger partial charge on any atom is -0.379 e. The topological polar surface area (TPSA) is 15.7 Å². The fourth-order valence-electron chi connectivity index (χ4n) is 2.28. The van der Waals surface area contributed by atoms with Gasteiger partial charge in [0.15, 0.2) is 0 Å². The molecule has 0 N–H and O–H groups in total. The Labute approximate surface area is 101 Å². The number of rotatable bonds is 2. The van der Waals surface area contributed by atoms with Gasteiger partial charge in [-0.1, -0.05) is 20.3 Å². The average Bonchev–Trinajstić information content (AvgIpc) is 2.20. The van der Waals surface area contributed by atoms with Crippen molar-refractivity contribution in [1.82, 2.24) is 9.80 Å². The van der Waals surface area contributed by atoms with E-state index in [4.69, 9.17) is 4.74 Å². The maximum atomic E-state index is 5.28. The molecule has 3 nitrogen and oxygen atoms in total. The minimum atomic E-state index is 0.514. The summed E-state index contributed by atoms with van der Waals surface area (Å²) in [4.78, 5) is 4.99. The lowest BCUT2D eigenvalue weighted by atomic mass is 9.99. The molecule has 16 heavy (non-hydrogen) atoms. The predicted octanol–water partition coefficient (Wildman–Crippen LogP) is 1.83. The van der Waals surface area contributed by atoms with Crippen molar-refractivity contribution in [1.29, 1.82) is 0 Å². The molecule has 2 aliphatic rings. The summed E-state index contributed by atoms with van der Waals surface area (Å²) in [7, 11) is 4.03. The Morgan fingerprint density at radius 1 is 1.12 bits per heavy atom. The van der Waals surface area contributed by atoms with E-state index in [1.165, 1.54) is 32.4 Å². The van der Waals surface area contributed by atoms with Crippen molar-refractivity contribution < 1.29 is 4.74 Å². The molecule has 0 aromatic carbocycles. The molecule has 0 saturated carbocycles. The van der Waals surface area contributed by atoms with E-state index in [1.54, 1.807) is 0 Å². The normalized spacial score (nSPS) is 24.8. The zero-order chi connectivity index (χ0) is 12.0. The molecule has 96 valence electrons. The van der Waals surface area contributed by atoms with E-state index in [1.807, 2.05) is 7.11 Å². The Balaban J connectivity index is 0.000000386. The van der Waals surface area contributed by atoms with Gasteiger partial charge in [-0.2, -0.15) is 0 Å². The number of hydrogen-bond donors (Lipinski definition) is 0. The highest BCUT2D eigenvalue weighted by atomic mass is 16.5. The third-order valence-corrected chi connectivity index (χ3v) is 3.41. The summed E-state index contributed by atoms with van der Waals surface area (Å²) in [5.74, 6) is 0. The molecule has 2 saturated heterocycles. The van der Waals surface area contributed by atoms with E-state index in [9.17, 15) is 0 Å². The fourth-order valence-corrected chi connectivity index (χ4v) is 2.28. The van der Waals surface area contributed by atoms with Gasteiger partial charge in [-0.05, 0) is 33.0 Å². The van der Waals surface area contributed by atoms with Crippen LogP contribution in [0.1, 0.15) is 33.1 Å². The number of likely N-dealkylation sites (tertiary alicyclic amines) is 2. The highest BCUT2D eigenvalue weighted by Crippen LogP contribution is 2.22. The molecular weight excluding hydrogens is 200 g/mol. The van der Waals surface area contributed by atoms with Crippen LogP contribution in [-0.2, 0) is 4.74 Å². The second-order valence-corrected chi connectivity index (χ2v) is 5.05. The summed E-state index contributed by atoms with van der Waals surface area (Å²) in [5, 5.41) is 0. The van der Waals surface area contributed by atoms with Crippen LogP contribution < -0.4 is 0 Å². The van der Waals surface area contributed by atoms with Gasteiger partial charge in [0.25, 0.3) is 0 Å². The van der Waals surface area contributed by atoms with E-state index in [-0.39, 0.29) is 0 Å². The molecule has 0 bridgehead atoms. The summed E-state index contributed by atoms with van der Waals surface area (Å²) in [6.07, 6.45) is 4.44. The third kappa shape index (κ3) is 4.04. The van der Waals surface area contributed by atoms with Crippen LogP contribution in [0.5, 0.6) is 0 Å². The molecule has 2 rings (SSSR count). The van der Waals surface area contributed by atoms with E-state index in [0.717, 1.165) is 19.1 Å². The molecule has 3 heteroatoms. The van der Waals surface area contributed by atoms with Gasteiger partial charge in [-0.15, -0.1) is 0 Å². The van der Waals surface area contributed by atoms with Crippen molar-refractivity contribution in [2.24, 2.45) is 0 Å². The average molecular weight is 228 g/mol. The molecule has 0 aliphatic carbocycles. The predicted molar refractivity (Wildman–Crippen MR) is 68.9 cm³/mol. The van der Waals surface area contributed by atoms with Crippen molar-refractivity contribution in [2.75, 3.05) is 40.3 Å². The lowest BCUT2D eigenvalue weighted by molar-refractivity contribution is -0.0605. The fraction of sp³-hybridized carbons (Fsp3) is 1.00. The number of ether oxygens (including phenoxy) is 1. The lowest BCUT2D eigenvalue weighted by Gasteiger charge is -2.46. The number of nitrogens with zero attached hydrogens (tertiary/aromatic N) is 2. The molecule has 0 unspecified atom stereocenters. The summed E-state index contributed by atoms with van der Waals surface area (Å²) < 4.78 is 5.28. The monoisotopic (exact) mass is 228 g/mol. The SMILES string of the molecule is CCC.COC1CN(C2CCN(C)CC2)C1. The first-order valence-electron chi connectivity index (χ1n) is 6.66. The Hall–Kier alpha value is -0.120. The molecule has 2 aliphatic heterocycles. The van der Waals surface area contributed by atoms with Gasteiger partial charge in [0.2, 0.25) is 0 Å². The highest BCUT2D eigenvalue weighted by Gasteiger charge is 2.33. The molecule has 0 amide bonds. The molecule has 0 radical (unpaired) electrons. The first kappa shape index (κ1) is 13.9. The van der Waals surface area contributed by atoms with Crippen LogP contribution in [0.25, 0.3) is 0 Å². The molecule has 0 spiro atoms. The van der Waals surface area contributed by atoms with Gasteiger partial charge < -0.3 is 9.64 Å². The number of methoxy groups -OCH3 is 1. The Morgan fingerprint density at radius 2 is 1.62 bits per heavy atom. The van der Waals surface area contributed by atoms with Crippen molar-refractivity contribution in [2.45, 2.75) is 45.3 Å². The maximum absolute atomic E-state index is 5.28. The van der Waals surface area contributed by atoms with E-state index >= 15 is 0 Å². The Morgan fingerprint density at radius 3 is 2.06 bits per heavy atom. The van der Waals surface area contributed by atoms with Crippen molar-refractivity contribution >= 4 is 0 Å². The van der Waals surface area contributed by atoms with Crippen LogP contribution in [0, 0.1) is 0 Å². The van der Waals surface area contributed by atoms with Crippen LogP contribution >= 0.6 is 0 Å². The quantitative estimate of drug-likeness (QED) is 0.717. The maximum Gasteiger partial charge on any atom is 0.0825 e. The second kappa shape index (κ2) is 7.25. The summed E-state index contributed by atoms with van der Waals surface area (Å²) in [6, 6.07) is 0.836. The van der Waals surface area contributed by atoms with Crippen LogP contribution in [0.2, 0.25) is 0 Å². The van der Waals surface area contributed by atoms with Crippen molar-refractivity contribution in [3.63, 3.8) is 0 Å². The number of piperidine rings is 1. The van der Waals surface area contributed by atoms with Crippen LogP contribution in [0.4, 0.5) is 0 Å². The van der Waals surface area contributed by atoms with Gasteiger partial charge in [-0.25, -0.2) is 0 Å². The van der Waals surface area contributed by atoms with E-state index < -0.39 is 0 Å². The highest BCUT2D eigenvalue weighted by molar-refractivity contribution is 4.88. The van der Waals surface area contributed by atoms with Crippen LogP contribution in [0.15, 0.2) is 0 Å². The molecular formula is C13H28N2O. The van der Waals surface area contributed by atoms with Crippen molar-refractivity contribution in [3.05, 3.63) is 0 Å².